The third-order valence-corrected chi connectivity index (χ3v) is 2.67. The molecule has 1 heterocycles. The maximum absolute atomic E-state index is 13.1. The predicted molar refractivity (Wildman–Crippen MR) is 58.4 cm³/mol. The third kappa shape index (κ3) is 1.88. The summed E-state index contributed by atoms with van der Waals surface area (Å²) in [6, 6.07) is 4.75. The number of aryl methyl sites for hydroxylation is 2. The Labute approximate surface area is 87.7 Å². The number of hydrogen-bond acceptors (Lipinski definition) is 1. The summed E-state index contributed by atoms with van der Waals surface area (Å²) in [5.41, 5.74) is 3.13. The van der Waals surface area contributed by atoms with E-state index >= 15 is 0 Å². The van der Waals surface area contributed by atoms with E-state index in [0.717, 1.165) is 28.6 Å². The fourth-order valence-corrected chi connectivity index (χ4v) is 1.93. The molecular formula is C12H14FNO. The standard InChI is InChI=1S/C12H14FNO/c1-8-10(3-2-6-15)11-7-9(13)4-5-12(11)14-8/h4-5,7,14-15H,2-3,6H2,1H3. The predicted octanol–water partition coefficient (Wildman–Crippen LogP) is 2.54. The molecule has 2 aromatic rings. The van der Waals surface area contributed by atoms with Crippen molar-refractivity contribution < 1.29 is 9.50 Å². The SMILES string of the molecule is Cc1[nH]c2ccc(F)cc2c1CCCO. The summed E-state index contributed by atoms with van der Waals surface area (Å²) in [6.07, 6.45) is 1.50. The molecule has 2 rings (SSSR count). The van der Waals surface area contributed by atoms with Crippen molar-refractivity contribution in [3.05, 3.63) is 35.3 Å². The molecule has 0 aliphatic heterocycles. The summed E-state index contributed by atoms with van der Waals surface area (Å²) >= 11 is 0. The van der Waals surface area contributed by atoms with Gasteiger partial charge in [0.2, 0.25) is 0 Å². The number of aromatic amines is 1. The van der Waals surface area contributed by atoms with E-state index in [4.69, 9.17) is 5.11 Å². The molecule has 0 bridgehead atoms. The van der Waals surface area contributed by atoms with Crippen LogP contribution in [0.4, 0.5) is 4.39 Å². The number of fused-ring (bicyclic) bond motifs is 1. The molecule has 0 radical (unpaired) electrons. The maximum atomic E-state index is 13.1. The topological polar surface area (TPSA) is 36.0 Å². The van der Waals surface area contributed by atoms with Crippen LogP contribution in [-0.4, -0.2) is 16.7 Å². The van der Waals surface area contributed by atoms with Crippen LogP contribution < -0.4 is 0 Å². The molecule has 0 amide bonds. The molecule has 1 aromatic carbocycles. The molecule has 2 nitrogen and oxygen atoms in total. The molecule has 0 spiro atoms. The van der Waals surface area contributed by atoms with E-state index < -0.39 is 0 Å². The molecule has 1 aromatic heterocycles. The van der Waals surface area contributed by atoms with Crippen molar-refractivity contribution in [1.82, 2.24) is 4.98 Å². The minimum absolute atomic E-state index is 0.168. The molecule has 3 heteroatoms. The molecule has 0 atom stereocenters. The Kier molecular flexibility index (Phi) is 2.73. The molecule has 80 valence electrons. The number of benzene rings is 1. The monoisotopic (exact) mass is 207 g/mol. The van der Waals surface area contributed by atoms with Gasteiger partial charge < -0.3 is 10.1 Å². The van der Waals surface area contributed by atoms with Crippen LogP contribution in [0.2, 0.25) is 0 Å². The first kappa shape index (κ1) is 10.2. The fourth-order valence-electron chi connectivity index (χ4n) is 1.93. The molecule has 0 saturated carbocycles. The smallest absolute Gasteiger partial charge is 0.123 e. The number of aliphatic hydroxyl groups excluding tert-OH is 1. The van der Waals surface area contributed by atoms with Crippen molar-refractivity contribution in [2.24, 2.45) is 0 Å². The van der Waals surface area contributed by atoms with Crippen molar-refractivity contribution in [2.45, 2.75) is 19.8 Å². The van der Waals surface area contributed by atoms with Gasteiger partial charge in [0, 0.05) is 23.2 Å². The Morgan fingerprint density at radius 3 is 2.93 bits per heavy atom. The zero-order valence-electron chi connectivity index (χ0n) is 8.68. The van der Waals surface area contributed by atoms with E-state index in [0.29, 0.717) is 6.42 Å². The highest BCUT2D eigenvalue weighted by atomic mass is 19.1. The molecule has 0 aliphatic carbocycles. The fraction of sp³-hybridized carbons (Fsp3) is 0.333. The molecule has 0 fully saturated rings. The second-order valence-corrected chi connectivity index (χ2v) is 3.75. The van der Waals surface area contributed by atoms with Gasteiger partial charge in [0.1, 0.15) is 5.82 Å². The number of H-pyrrole nitrogens is 1. The van der Waals surface area contributed by atoms with E-state index in [2.05, 4.69) is 4.98 Å². The van der Waals surface area contributed by atoms with Crippen LogP contribution in [0.5, 0.6) is 0 Å². The van der Waals surface area contributed by atoms with E-state index in [1.807, 2.05) is 6.92 Å². The first-order valence-corrected chi connectivity index (χ1v) is 5.10. The van der Waals surface area contributed by atoms with Gasteiger partial charge in [-0.1, -0.05) is 0 Å². The highest BCUT2D eigenvalue weighted by Crippen LogP contribution is 2.24. The summed E-state index contributed by atoms with van der Waals surface area (Å²) in [4.78, 5) is 3.21. The largest absolute Gasteiger partial charge is 0.396 e. The normalized spacial score (nSPS) is 11.1. The number of aromatic nitrogens is 1. The van der Waals surface area contributed by atoms with Gasteiger partial charge in [0.15, 0.2) is 0 Å². The zero-order chi connectivity index (χ0) is 10.8. The van der Waals surface area contributed by atoms with Gasteiger partial charge in [0.05, 0.1) is 0 Å². The highest BCUT2D eigenvalue weighted by Gasteiger charge is 2.08. The molecule has 0 saturated heterocycles. The average molecular weight is 207 g/mol. The number of halogens is 1. The first-order chi connectivity index (χ1) is 7.22. The summed E-state index contributed by atoms with van der Waals surface area (Å²) in [7, 11) is 0. The van der Waals surface area contributed by atoms with Crippen molar-refractivity contribution in [2.75, 3.05) is 6.61 Å². The maximum Gasteiger partial charge on any atom is 0.123 e. The Hall–Kier alpha value is -1.35. The van der Waals surface area contributed by atoms with Crippen LogP contribution in [0.3, 0.4) is 0 Å². The lowest BCUT2D eigenvalue weighted by molar-refractivity contribution is 0.288. The third-order valence-electron chi connectivity index (χ3n) is 2.67. The highest BCUT2D eigenvalue weighted by molar-refractivity contribution is 5.84. The van der Waals surface area contributed by atoms with E-state index in [9.17, 15) is 4.39 Å². The quantitative estimate of drug-likeness (QED) is 0.797. The Balaban J connectivity index is 2.50. The molecule has 15 heavy (non-hydrogen) atoms. The lowest BCUT2D eigenvalue weighted by atomic mass is 10.1. The molecule has 0 unspecified atom stereocenters. The van der Waals surface area contributed by atoms with Crippen LogP contribution in [0.15, 0.2) is 18.2 Å². The van der Waals surface area contributed by atoms with Crippen molar-refractivity contribution in [3.8, 4) is 0 Å². The summed E-state index contributed by atoms with van der Waals surface area (Å²) in [5.74, 6) is -0.216. The Bertz CT molecular complexity index is 476. The summed E-state index contributed by atoms with van der Waals surface area (Å²) in [6.45, 7) is 2.14. The molecular weight excluding hydrogens is 193 g/mol. The van der Waals surface area contributed by atoms with Gasteiger partial charge >= 0.3 is 0 Å². The first-order valence-electron chi connectivity index (χ1n) is 5.10. The summed E-state index contributed by atoms with van der Waals surface area (Å²) in [5, 5.41) is 9.73. The van der Waals surface area contributed by atoms with Crippen molar-refractivity contribution in [1.29, 1.82) is 0 Å². The van der Waals surface area contributed by atoms with Gasteiger partial charge in [-0.2, -0.15) is 0 Å². The number of aliphatic hydroxyl groups is 1. The van der Waals surface area contributed by atoms with Gasteiger partial charge in [0.25, 0.3) is 0 Å². The lowest BCUT2D eigenvalue weighted by Crippen LogP contribution is -1.90. The minimum atomic E-state index is -0.216. The lowest BCUT2D eigenvalue weighted by Gasteiger charge is -1.99. The Morgan fingerprint density at radius 2 is 2.20 bits per heavy atom. The Morgan fingerprint density at radius 1 is 1.40 bits per heavy atom. The van der Waals surface area contributed by atoms with Crippen LogP contribution >= 0.6 is 0 Å². The minimum Gasteiger partial charge on any atom is -0.396 e. The van der Waals surface area contributed by atoms with Gasteiger partial charge in [-0.3, -0.25) is 0 Å². The molecule has 2 N–H and O–H groups in total. The van der Waals surface area contributed by atoms with Crippen LogP contribution in [0.1, 0.15) is 17.7 Å². The van der Waals surface area contributed by atoms with Gasteiger partial charge in [-0.25, -0.2) is 4.39 Å². The summed E-state index contributed by atoms with van der Waals surface area (Å²) < 4.78 is 13.1. The number of hydrogen-bond donors (Lipinski definition) is 2. The van der Waals surface area contributed by atoms with Crippen molar-refractivity contribution >= 4 is 10.9 Å². The zero-order valence-corrected chi connectivity index (χ0v) is 8.68. The van der Waals surface area contributed by atoms with E-state index in [1.54, 1.807) is 12.1 Å². The molecule has 0 aliphatic rings. The van der Waals surface area contributed by atoms with Gasteiger partial charge in [-0.05, 0) is 43.5 Å². The van der Waals surface area contributed by atoms with Crippen LogP contribution in [0.25, 0.3) is 10.9 Å². The van der Waals surface area contributed by atoms with Crippen molar-refractivity contribution in [3.63, 3.8) is 0 Å². The van der Waals surface area contributed by atoms with Crippen LogP contribution in [0, 0.1) is 12.7 Å². The number of rotatable bonds is 3. The second kappa shape index (κ2) is 4.03. The average Bonchev–Trinajstić information content (AvgIpc) is 2.51. The van der Waals surface area contributed by atoms with Crippen LogP contribution in [-0.2, 0) is 6.42 Å². The second-order valence-electron chi connectivity index (χ2n) is 3.75. The van der Waals surface area contributed by atoms with Gasteiger partial charge in [-0.15, -0.1) is 0 Å². The van der Waals surface area contributed by atoms with E-state index in [-0.39, 0.29) is 12.4 Å². The van der Waals surface area contributed by atoms with E-state index in [1.165, 1.54) is 6.07 Å². The number of nitrogens with one attached hydrogen (secondary N) is 1.